The van der Waals surface area contributed by atoms with Crippen LogP contribution in [0.3, 0.4) is 0 Å². The van der Waals surface area contributed by atoms with Crippen molar-refractivity contribution in [2.45, 2.75) is 58.4 Å². The van der Waals surface area contributed by atoms with Crippen molar-refractivity contribution >= 4 is 8.32 Å². The van der Waals surface area contributed by atoms with Crippen molar-refractivity contribution in [2.75, 3.05) is 0 Å². The predicted molar refractivity (Wildman–Crippen MR) is 67.1 cm³/mol. The molecule has 1 atom stereocenters. The molecule has 0 heterocycles. The summed E-state index contributed by atoms with van der Waals surface area (Å²) in [7, 11) is -1.59. The van der Waals surface area contributed by atoms with Crippen LogP contribution in [-0.4, -0.2) is 14.4 Å². The van der Waals surface area contributed by atoms with Crippen molar-refractivity contribution in [1.82, 2.24) is 0 Å². The Morgan fingerprint density at radius 3 is 2.47 bits per heavy atom. The Hall–Kier alpha value is -0.593. The molecule has 0 radical (unpaired) electrons. The molecule has 0 N–H and O–H groups in total. The number of unbranched alkanes of at least 4 members (excludes halogenated alkanes) is 3. The molecule has 0 bridgehead atoms. The summed E-state index contributed by atoms with van der Waals surface area (Å²) in [5.74, 6) is 0. The number of allylic oxidation sites excluding steroid dienone is 1. The van der Waals surface area contributed by atoms with E-state index in [0.717, 1.165) is 6.42 Å². The minimum absolute atomic E-state index is 0.349. The molecule has 0 aliphatic heterocycles. The average Bonchev–Trinajstić information content (AvgIpc) is 2.14. The fourth-order valence-corrected chi connectivity index (χ4v) is 2.11. The Bertz CT molecular complexity index is 225. The molecule has 0 aromatic rings. The largest absolute Gasteiger partial charge is 0.399 e. The van der Waals surface area contributed by atoms with Crippen LogP contribution < -0.4 is 0 Å². The minimum atomic E-state index is -1.59. The first-order chi connectivity index (χ1) is 6.99. The van der Waals surface area contributed by atoms with Gasteiger partial charge in [0.1, 0.15) is 0 Å². The lowest BCUT2D eigenvalue weighted by atomic mass is 10.2. The van der Waals surface area contributed by atoms with Crippen LogP contribution in [0.4, 0.5) is 0 Å². The van der Waals surface area contributed by atoms with Crippen molar-refractivity contribution in [1.29, 1.82) is 5.26 Å². The molecule has 0 spiro atoms. The second-order valence-electron chi connectivity index (χ2n) is 4.70. The third kappa shape index (κ3) is 9.71. The van der Waals surface area contributed by atoms with Gasteiger partial charge in [0.2, 0.25) is 0 Å². The summed E-state index contributed by atoms with van der Waals surface area (Å²) in [6.45, 7) is 8.49. The van der Waals surface area contributed by atoms with Gasteiger partial charge in [0.25, 0.3) is 0 Å². The molecule has 0 saturated carbocycles. The Balaban J connectivity index is 3.85. The van der Waals surface area contributed by atoms with Gasteiger partial charge in [-0.1, -0.05) is 25.8 Å². The summed E-state index contributed by atoms with van der Waals surface area (Å²) >= 11 is 0. The maximum absolute atomic E-state index is 8.89. The Morgan fingerprint density at radius 1 is 1.33 bits per heavy atom. The zero-order chi connectivity index (χ0) is 11.7. The van der Waals surface area contributed by atoms with Gasteiger partial charge in [-0.3, -0.25) is 0 Å². The van der Waals surface area contributed by atoms with Gasteiger partial charge in [0, 0.05) is 0 Å². The second kappa shape index (κ2) is 7.67. The summed E-state index contributed by atoms with van der Waals surface area (Å²) in [6.07, 6.45) is 8.38. The van der Waals surface area contributed by atoms with E-state index in [9.17, 15) is 0 Å². The van der Waals surface area contributed by atoms with Crippen molar-refractivity contribution in [3.63, 3.8) is 0 Å². The van der Waals surface area contributed by atoms with E-state index in [1.807, 2.05) is 6.08 Å². The van der Waals surface area contributed by atoms with Gasteiger partial charge in [-0.15, -0.1) is 0 Å². The monoisotopic (exact) mass is 225 g/mol. The standard InChI is InChI=1S/C12H23NOSi/c1-5-6-7-8-9-10-12(11-13)14-15(2,3)4/h9-10,12H,5-8H2,1-4H3. The van der Waals surface area contributed by atoms with Crippen LogP contribution in [-0.2, 0) is 4.43 Å². The topological polar surface area (TPSA) is 33.0 Å². The van der Waals surface area contributed by atoms with E-state index in [4.69, 9.17) is 9.69 Å². The van der Waals surface area contributed by atoms with Gasteiger partial charge in [-0.2, -0.15) is 5.26 Å². The van der Waals surface area contributed by atoms with Gasteiger partial charge in [0.05, 0.1) is 6.07 Å². The highest BCUT2D eigenvalue weighted by Crippen LogP contribution is 2.08. The van der Waals surface area contributed by atoms with Crippen molar-refractivity contribution in [3.05, 3.63) is 12.2 Å². The van der Waals surface area contributed by atoms with Gasteiger partial charge < -0.3 is 4.43 Å². The smallest absolute Gasteiger partial charge is 0.185 e. The summed E-state index contributed by atoms with van der Waals surface area (Å²) < 4.78 is 5.68. The van der Waals surface area contributed by atoms with Crippen molar-refractivity contribution in [2.24, 2.45) is 0 Å². The van der Waals surface area contributed by atoms with E-state index in [-0.39, 0.29) is 6.10 Å². The lowest BCUT2D eigenvalue weighted by Crippen LogP contribution is -2.30. The third-order valence-electron chi connectivity index (χ3n) is 1.89. The Labute approximate surface area is 95.1 Å². The molecule has 86 valence electrons. The lowest BCUT2D eigenvalue weighted by molar-refractivity contribution is 0.295. The molecule has 0 aliphatic carbocycles. The first-order valence-electron chi connectivity index (χ1n) is 5.73. The number of nitrogens with zero attached hydrogens (tertiary/aromatic N) is 1. The zero-order valence-corrected chi connectivity index (χ0v) is 11.4. The maximum atomic E-state index is 8.89. The molecule has 2 nitrogen and oxygen atoms in total. The third-order valence-corrected chi connectivity index (χ3v) is 2.85. The second-order valence-corrected chi connectivity index (χ2v) is 9.16. The summed E-state index contributed by atoms with van der Waals surface area (Å²) in [6, 6.07) is 2.18. The fraction of sp³-hybridized carbons (Fsp3) is 0.750. The van der Waals surface area contributed by atoms with Crippen LogP contribution in [0, 0.1) is 11.3 Å². The van der Waals surface area contributed by atoms with Gasteiger partial charge in [0.15, 0.2) is 14.4 Å². The molecule has 0 fully saturated rings. The lowest BCUT2D eigenvalue weighted by Gasteiger charge is -2.19. The molecule has 0 aromatic heterocycles. The van der Waals surface area contributed by atoms with Crippen LogP contribution in [0.2, 0.25) is 19.6 Å². The molecule has 0 amide bonds. The maximum Gasteiger partial charge on any atom is 0.185 e. The molecule has 0 rings (SSSR count). The number of hydrogen-bond acceptors (Lipinski definition) is 2. The van der Waals surface area contributed by atoms with E-state index < -0.39 is 8.32 Å². The van der Waals surface area contributed by atoms with Gasteiger partial charge in [-0.05, 0) is 38.6 Å². The molecular formula is C12H23NOSi. The number of nitriles is 1. The van der Waals surface area contributed by atoms with E-state index in [0.29, 0.717) is 0 Å². The molecule has 3 heteroatoms. The SMILES string of the molecule is CCCCCC=CC(C#N)O[Si](C)(C)C. The summed E-state index contributed by atoms with van der Waals surface area (Å²) in [5.41, 5.74) is 0. The van der Waals surface area contributed by atoms with Crippen LogP contribution in [0.25, 0.3) is 0 Å². The highest BCUT2D eigenvalue weighted by molar-refractivity contribution is 6.69. The average molecular weight is 225 g/mol. The molecular weight excluding hydrogens is 202 g/mol. The van der Waals surface area contributed by atoms with Gasteiger partial charge >= 0.3 is 0 Å². The Morgan fingerprint density at radius 2 is 2.00 bits per heavy atom. The summed E-state index contributed by atoms with van der Waals surface area (Å²) in [4.78, 5) is 0. The molecule has 0 aromatic carbocycles. The van der Waals surface area contributed by atoms with Crippen LogP contribution in [0.15, 0.2) is 12.2 Å². The molecule has 0 aliphatic rings. The Kier molecular flexibility index (Phi) is 7.36. The van der Waals surface area contributed by atoms with E-state index in [1.54, 1.807) is 0 Å². The molecule has 1 unspecified atom stereocenters. The quantitative estimate of drug-likeness (QED) is 0.374. The summed E-state index contributed by atoms with van der Waals surface area (Å²) in [5, 5.41) is 8.89. The van der Waals surface area contributed by atoms with Crippen LogP contribution in [0.5, 0.6) is 0 Å². The first-order valence-corrected chi connectivity index (χ1v) is 9.14. The molecule has 0 saturated heterocycles. The first kappa shape index (κ1) is 14.4. The predicted octanol–water partition coefficient (Wildman–Crippen LogP) is 3.87. The van der Waals surface area contributed by atoms with E-state index in [1.165, 1.54) is 19.3 Å². The fourth-order valence-electron chi connectivity index (χ4n) is 1.22. The molecule has 15 heavy (non-hydrogen) atoms. The van der Waals surface area contributed by atoms with Crippen LogP contribution in [0.1, 0.15) is 32.6 Å². The number of hydrogen-bond donors (Lipinski definition) is 0. The van der Waals surface area contributed by atoms with E-state index in [2.05, 4.69) is 38.7 Å². The highest BCUT2D eigenvalue weighted by atomic mass is 28.4. The zero-order valence-electron chi connectivity index (χ0n) is 10.4. The van der Waals surface area contributed by atoms with E-state index >= 15 is 0 Å². The van der Waals surface area contributed by atoms with Crippen LogP contribution >= 0.6 is 0 Å². The highest BCUT2D eigenvalue weighted by Gasteiger charge is 2.18. The number of rotatable bonds is 7. The normalized spacial score (nSPS) is 14.1. The minimum Gasteiger partial charge on any atom is -0.399 e. The van der Waals surface area contributed by atoms with Crippen molar-refractivity contribution < 1.29 is 4.43 Å². The van der Waals surface area contributed by atoms with Crippen molar-refractivity contribution in [3.8, 4) is 6.07 Å². The van der Waals surface area contributed by atoms with Gasteiger partial charge in [-0.25, -0.2) is 0 Å².